The first-order chi connectivity index (χ1) is 13.6. The Morgan fingerprint density at radius 3 is 2.43 bits per heavy atom. The van der Waals surface area contributed by atoms with Crippen molar-refractivity contribution in [1.82, 2.24) is 14.8 Å². The van der Waals surface area contributed by atoms with Gasteiger partial charge in [0.15, 0.2) is 10.9 Å². The molecule has 0 bridgehead atoms. The molecule has 144 valence electrons. The standard InChI is InChI=1S/C21H22N4O2S/c1-3-20(27)22-18-11-9-17(10-12-18)19(26)14-28-21-24-23-15(2)25(21)13-16-7-5-4-6-8-16/h4-12H,3,13-14H2,1-2H3,(H,22,27). The highest BCUT2D eigenvalue weighted by Gasteiger charge is 2.13. The number of hydrogen-bond donors (Lipinski definition) is 1. The molecule has 1 aromatic heterocycles. The molecule has 0 atom stereocenters. The van der Waals surface area contributed by atoms with E-state index in [-0.39, 0.29) is 17.4 Å². The number of Topliss-reactive ketones (excluding diaryl/α,β-unsaturated/α-hetero) is 1. The number of rotatable bonds is 8. The summed E-state index contributed by atoms with van der Waals surface area (Å²) in [5.74, 6) is 1.04. The predicted octanol–water partition coefficient (Wildman–Crippen LogP) is 3.96. The highest BCUT2D eigenvalue weighted by atomic mass is 32.2. The highest BCUT2D eigenvalue weighted by Crippen LogP contribution is 2.20. The molecule has 0 aliphatic rings. The number of anilines is 1. The maximum absolute atomic E-state index is 12.5. The zero-order valence-electron chi connectivity index (χ0n) is 15.9. The molecule has 7 heteroatoms. The van der Waals surface area contributed by atoms with Crippen molar-refractivity contribution in [2.75, 3.05) is 11.1 Å². The number of ketones is 1. The third-order valence-corrected chi connectivity index (χ3v) is 5.20. The van der Waals surface area contributed by atoms with Crippen molar-refractivity contribution in [3.63, 3.8) is 0 Å². The second-order valence-corrected chi connectivity index (χ2v) is 7.23. The zero-order valence-corrected chi connectivity index (χ0v) is 16.7. The molecule has 0 spiro atoms. The quantitative estimate of drug-likeness (QED) is 0.462. The number of carbonyl (C=O) groups is 2. The highest BCUT2D eigenvalue weighted by molar-refractivity contribution is 7.99. The van der Waals surface area contributed by atoms with Crippen LogP contribution in [-0.2, 0) is 11.3 Å². The molecule has 0 saturated carbocycles. The third-order valence-electron chi connectivity index (χ3n) is 4.23. The number of nitrogens with one attached hydrogen (secondary N) is 1. The maximum atomic E-state index is 12.5. The summed E-state index contributed by atoms with van der Waals surface area (Å²) in [6.07, 6.45) is 0.417. The first-order valence-corrected chi connectivity index (χ1v) is 10.0. The summed E-state index contributed by atoms with van der Waals surface area (Å²) < 4.78 is 2.01. The van der Waals surface area contributed by atoms with Crippen LogP contribution in [0, 0.1) is 6.92 Å². The van der Waals surface area contributed by atoms with Gasteiger partial charge in [-0.3, -0.25) is 9.59 Å². The molecule has 0 aliphatic carbocycles. The molecule has 0 unspecified atom stereocenters. The van der Waals surface area contributed by atoms with Crippen LogP contribution < -0.4 is 5.32 Å². The second kappa shape index (κ2) is 9.32. The van der Waals surface area contributed by atoms with Gasteiger partial charge >= 0.3 is 0 Å². The van der Waals surface area contributed by atoms with Crippen LogP contribution in [0.15, 0.2) is 59.8 Å². The van der Waals surface area contributed by atoms with Crippen LogP contribution in [0.2, 0.25) is 0 Å². The Kier molecular flexibility index (Phi) is 6.60. The lowest BCUT2D eigenvalue weighted by Crippen LogP contribution is -2.10. The number of thioether (sulfide) groups is 1. The average molecular weight is 395 g/mol. The molecule has 6 nitrogen and oxygen atoms in total. The summed E-state index contributed by atoms with van der Waals surface area (Å²) in [4.78, 5) is 23.9. The maximum Gasteiger partial charge on any atom is 0.224 e. The fourth-order valence-corrected chi connectivity index (χ4v) is 3.50. The number of carbonyl (C=O) groups excluding carboxylic acids is 2. The monoisotopic (exact) mass is 394 g/mol. The van der Waals surface area contributed by atoms with Gasteiger partial charge < -0.3 is 9.88 Å². The van der Waals surface area contributed by atoms with E-state index in [9.17, 15) is 9.59 Å². The van der Waals surface area contributed by atoms with Crippen LogP contribution in [-0.4, -0.2) is 32.2 Å². The van der Waals surface area contributed by atoms with E-state index < -0.39 is 0 Å². The summed E-state index contributed by atoms with van der Waals surface area (Å²) in [7, 11) is 0. The first-order valence-electron chi connectivity index (χ1n) is 9.06. The second-order valence-electron chi connectivity index (χ2n) is 6.29. The lowest BCUT2D eigenvalue weighted by atomic mass is 10.1. The number of nitrogens with zero attached hydrogens (tertiary/aromatic N) is 3. The van der Waals surface area contributed by atoms with Gasteiger partial charge in [0.05, 0.1) is 12.3 Å². The molecule has 3 aromatic rings. The molecule has 3 rings (SSSR count). The van der Waals surface area contributed by atoms with Crippen molar-refractivity contribution in [1.29, 1.82) is 0 Å². The van der Waals surface area contributed by atoms with Gasteiger partial charge in [0.1, 0.15) is 5.82 Å². The Balaban J connectivity index is 1.63. The minimum Gasteiger partial charge on any atom is -0.326 e. The van der Waals surface area contributed by atoms with Gasteiger partial charge in [-0.25, -0.2) is 0 Å². The molecule has 1 heterocycles. The Bertz CT molecular complexity index is 952. The van der Waals surface area contributed by atoms with Crippen LogP contribution in [0.5, 0.6) is 0 Å². The smallest absolute Gasteiger partial charge is 0.224 e. The average Bonchev–Trinajstić information content (AvgIpc) is 3.07. The molecule has 0 radical (unpaired) electrons. The Morgan fingerprint density at radius 1 is 1.04 bits per heavy atom. The molecular formula is C21H22N4O2S. The van der Waals surface area contributed by atoms with E-state index in [0.717, 1.165) is 16.5 Å². The van der Waals surface area contributed by atoms with Gasteiger partial charge in [-0.05, 0) is 36.8 Å². The van der Waals surface area contributed by atoms with Crippen LogP contribution in [0.4, 0.5) is 5.69 Å². The van der Waals surface area contributed by atoms with E-state index in [0.29, 0.717) is 24.2 Å². The number of amides is 1. The molecule has 0 fully saturated rings. The van der Waals surface area contributed by atoms with E-state index in [2.05, 4.69) is 27.6 Å². The van der Waals surface area contributed by atoms with E-state index >= 15 is 0 Å². The molecule has 1 N–H and O–H groups in total. The van der Waals surface area contributed by atoms with Crippen molar-refractivity contribution in [3.05, 3.63) is 71.5 Å². The van der Waals surface area contributed by atoms with Crippen LogP contribution in [0.3, 0.4) is 0 Å². The van der Waals surface area contributed by atoms with E-state index in [1.54, 1.807) is 31.2 Å². The SMILES string of the molecule is CCC(=O)Nc1ccc(C(=O)CSc2nnc(C)n2Cc2ccccc2)cc1. The largest absolute Gasteiger partial charge is 0.326 e. The number of hydrogen-bond acceptors (Lipinski definition) is 5. The fraction of sp³-hybridized carbons (Fsp3) is 0.238. The van der Waals surface area contributed by atoms with Crippen molar-refractivity contribution in [3.8, 4) is 0 Å². The van der Waals surface area contributed by atoms with Gasteiger partial charge in [0.25, 0.3) is 0 Å². The summed E-state index contributed by atoms with van der Waals surface area (Å²) in [5, 5.41) is 11.9. The van der Waals surface area contributed by atoms with Gasteiger partial charge in [-0.1, -0.05) is 49.0 Å². The summed E-state index contributed by atoms with van der Waals surface area (Å²) in [5.41, 5.74) is 2.45. The Morgan fingerprint density at radius 2 is 1.75 bits per heavy atom. The normalized spacial score (nSPS) is 10.6. The van der Waals surface area contributed by atoms with Gasteiger partial charge in [0, 0.05) is 17.7 Å². The summed E-state index contributed by atoms with van der Waals surface area (Å²) in [6.45, 7) is 4.37. The van der Waals surface area contributed by atoms with E-state index in [1.165, 1.54) is 11.8 Å². The number of aryl methyl sites for hydroxylation is 1. The minimum atomic E-state index is -0.0530. The first kappa shape index (κ1) is 19.8. The van der Waals surface area contributed by atoms with E-state index in [1.807, 2.05) is 29.7 Å². The molecule has 1 amide bonds. The van der Waals surface area contributed by atoms with Crippen LogP contribution >= 0.6 is 11.8 Å². The lowest BCUT2D eigenvalue weighted by molar-refractivity contribution is -0.115. The van der Waals surface area contributed by atoms with Crippen LogP contribution in [0.1, 0.15) is 35.1 Å². The van der Waals surface area contributed by atoms with Gasteiger partial charge in [-0.15, -0.1) is 10.2 Å². The molecule has 2 aromatic carbocycles. The molecule has 0 saturated heterocycles. The summed E-state index contributed by atoms with van der Waals surface area (Å²) >= 11 is 1.38. The predicted molar refractivity (Wildman–Crippen MR) is 111 cm³/mol. The Labute approximate surface area is 168 Å². The van der Waals surface area contributed by atoms with Crippen LogP contribution in [0.25, 0.3) is 0 Å². The lowest BCUT2D eigenvalue weighted by Gasteiger charge is -2.08. The summed E-state index contributed by atoms with van der Waals surface area (Å²) in [6, 6.07) is 17.0. The van der Waals surface area contributed by atoms with Crippen molar-refractivity contribution >= 4 is 29.1 Å². The van der Waals surface area contributed by atoms with Crippen molar-refractivity contribution in [2.45, 2.75) is 32.0 Å². The zero-order chi connectivity index (χ0) is 19.9. The topological polar surface area (TPSA) is 76.9 Å². The third kappa shape index (κ3) is 5.07. The van der Waals surface area contributed by atoms with Crippen molar-refractivity contribution < 1.29 is 9.59 Å². The van der Waals surface area contributed by atoms with E-state index in [4.69, 9.17) is 0 Å². The fourth-order valence-electron chi connectivity index (χ4n) is 2.62. The molecule has 28 heavy (non-hydrogen) atoms. The van der Waals surface area contributed by atoms with Gasteiger partial charge in [0.2, 0.25) is 5.91 Å². The number of aromatic nitrogens is 3. The number of benzene rings is 2. The molecular weight excluding hydrogens is 372 g/mol. The Hall–Kier alpha value is -2.93. The van der Waals surface area contributed by atoms with Gasteiger partial charge in [-0.2, -0.15) is 0 Å². The van der Waals surface area contributed by atoms with Crippen molar-refractivity contribution in [2.24, 2.45) is 0 Å². The minimum absolute atomic E-state index is 0.00489. The molecule has 0 aliphatic heterocycles.